The highest BCUT2D eigenvalue weighted by Crippen LogP contribution is 2.04. The molecule has 10 heavy (non-hydrogen) atoms. The molecule has 0 atom stereocenters. The van der Waals surface area contributed by atoms with E-state index in [9.17, 15) is 0 Å². The fourth-order valence-corrected chi connectivity index (χ4v) is 0.750. The van der Waals surface area contributed by atoms with Crippen LogP contribution < -0.4 is 9.30 Å². The molecule has 0 spiro atoms. The topological polar surface area (TPSA) is 13.1 Å². The van der Waals surface area contributed by atoms with Crippen LogP contribution >= 0.6 is 0 Å². The van der Waals surface area contributed by atoms with Gasteiger partial charge in [0.05, 0.1) is 6.61 Å². The van der Waals surface area contributed by atoms with Gasteiger partial charge in [-0.2, -0.15) is 0 Å². The molecule has 0 aliphatic rings. The Morgan fingerprint density at radius 2 is 2.00 bits per heavy atom. The molecule has 0 fully saturated rings. The van der Waals surface area contributed by atoms with E-state index in [1.165, 1.54) is 0 Å². The molecular formula is C8H12NO+. The summed E-state index contributed by atoms with van der Waals surface area (Å²) in [5.41, 5.74) is 0. The maximum atomic E-state index is 5.25. The fraction of sp³-hybridized carbons (Fsp3) is 0.375. The summed E-state index contributed by atoms with van der Waals surface area (Å²) in [6.07, 6.45) is 3.93. The Kier molecular flexibility index (Phi) is 2.26. The largest absolute Gasteiger partial charge is 0.493 e. The Labute approximate surface area is 61.1 Å². The molecule has 0 aliphatic heterocycles. The Bertz CT molecular complexity index is 193. The van der Waals surface area contributed by atoms with Crippen LogP contribution in [0.3, 0.4) is 0 Å². The van der Waals surface area contributed by atoms with Gasteiger partial charge in [-0.15, -0.1) is 0 Å². The molecule has 2 nitrogen and oxygen atoms in total. The zero-order valence-electron chi connectivity index (χ0n) is 6.37. The van der Waals surface area contributed by atoms with Gasteiger partial charge in [-0.05, 0) is 6.92 Å². The lowest BCUT2D eigenvalue weighted by molar-refractivity contribution is -0.671. The van der Waals surface area contributed by atoms with Crippen molar-refractivity contribution in [1.82, 2.24) is 0 Å². The molecule has 1 rings (SSSR count). The summed E-state index contributed by atoms with van der Waals surface area (Å²) in [7, 11) is 1.98. The van der Waals surface area contributed by atoms with Crippen molar-refractivity contribution < 1.29 is 9.30 Å². The maximum absolute atomic E-state index is 5.25. The minimum atomic E-state index is 0.730. The monoisotopic (exact) mass is 138 g/mol. The molecule has 0 N–H and O–H groups in total. The van der Waals surface area contributed by atoms with Gasteiger partial charge >= 0.3 is 0 Å². The van der Waals surface area contributed by atoms with Crippen LogP contribution in [0, 0.1) is 0 Å². The number of aromatic nitrogens is 1. The van der Waals surface area contributed by atoms with Crippen LogP contribution in [0.4, 0.5) is 0 Å². The molecule has 0 radical (unpaired) electrons. The van der Waals surface area contributed by atoms with Gasteiger partial charge in [0.1, 0.15) is 12.8 Å². The Morgan fingerprint density at radius 3 is 2.50 bits per heavy atom. The summed E-state index contributed by atoms with van der Waals surface area (Å²) in [5, 5.41) is 0. The molecule has 1 heterocycles. The Morgan fingerprint density at radius 1 is 1.40 bits per heavy atom. The lowest BCUT2D eigenvalue weighted by Gasteiger charge is -1.98. The molecule has 0 amide bonds. The molecule has 2 heteroatoms. The van der Waals surface area contributed by atoms with E-state index in [0.717, 1.165) is 12.4 Å². The zero-order valence-corrected chi connectivity index (χ0v) is 6.37. The summed E-state index contributed by atoms with van der Waals surface area (Å²) >= 11 is 0. The van der Waals surface area contributed by atoms with Gasteiger partial charge in [-0.1, -0.05) is 0 Å². The van der Waals surface area contributed by atoms with E-state index in [1.54, 1.807) is 0 Å². The molecule has 0 unspecified atom stereocenters. The number of aryl methyl sites for hydroxylation is 1. The van der Waals surface area contributed by atoms with Crippen molar-refractivity contribution in [3.63, 3.8) is 0 Å². The smallest absolute Gasteiger partial charge is 0.172 e. The van der Waals surface area contributed by atoms with Crippen LogP contribution in [0.15, 0.2) is 24.5 Å². The van der Waals surface area contributed by atoms with Crippen LogP contribution in [-0.2, 0) is 7.05 Å². The van der Waals surface area contributed by atoms with Crippen molar-refractivity contribution in [3.05, 3.63) is 24.5 Å². The summed E-state index contributed by atoms with van der Waals surface area (Å²) < 4.78 is 7.22. The predicted octanol–water partition coefficient (Wildman–Crippen LogP) is 0.910. The molecule has 0 saturated heterocycles. The molecule has 0 saturated carbocycles. The van der Waals surface area contributed by atoms with Crippen molar-refractivity contribution in [2.75, 3.05) is 6.61 Å². The first kappa shape index (κ1) is 7.06. The second-order valence-electron chi connectivity index (χ2n) is 2.13. The molecule has 0 bridgehead atoms. The van der Waals surface area contributed by atoms with E-state index < -0.39 is 0 Å². The van der Waals surface area contributed by atoms with E-state index >= 15 is 0 Å². The quantitative estimate of drug-likeness (QED) is 0.554. The van der Waals surface area contributed by atoms with E-state index in [1.807, 2.05) is 43.1 Å². The third-order valence-corrected chi connectivity index (χ3v) is 1.26. The first-order valence-corrected chi connectivity index (χ1v) is 3.41. The second-order valence-corrected chi connectivity index (χ2v) is 2.13. The van der Waals surface area contributed by atoms with Gasteiger partial charge in [-0.25, -0.2) is 4.57 Å². The number of rotatable bonds is 2. The molecule has 0 aliphatic carbocycles. The van der Waals surface area contributed by atoms with Crippen LogP contribution in [0.25, 0.3) is 0 Å². The highest BCUT2D eigenvalue weighted by atomic mass is 16.5. The third kappa shape index (κ3) is 1.72. The van der Waals surface area contributed by atoms with Gasteiger partial charge < -0.3 is 4.74 Å². The van der Waals surface area contributed by atoms with Gasteiger partial charge in [0.15, 0.2) is 12.4 Å². The molecule has 54 valence electrons. The summed E-state index contributed by atoms with van der Waals surface area (Å²) in [5.74, 6) is 0.931. The van der Waals surface area contributed by atoms with Crippen molar-refractivity contribution in [2.45, 2.75) is 6.92 Å². The van der Waals surface area contributed by atoms with Gasteiger partial charge in [0.2, 0.25) is 0 Å². The third-order valence-electron chi connectivity index (χ3n) is 1.26. The van der Waals surface area contributed by atoms with E-state index in [2.05, 4.69) is 0 Å². The summed E-state index contributed by atoms with van der Waals surface area (Å²) in [6, 6.07) is 3.90. The highest BCUT2D eigenvalue weighted by Gasteiger charge is 1.92. The zero-order chi connectivity index (χ0) is 7.40. The SMILES string of the molecule is CCOc1cc[n+](C)cc1. The average molecular weight is 138 g/mol. The summed E-state index contributed by atoms with van der Waals surface area (Å²) in [6.45, 7) is 2.71. The van der Waals surface area contributed by atoms with Crippen LogP contribution in [0.2, 0.25) is 0 Å². The van der Waals surface area contributed by atoms with Gasteiger partial charge in [0, 0.05) is 12.1 Å². The Balaban J connectivity index is 2.69. The van der Waals surface area contributed by atoms with Crippen LogP contribution in [0.1, 0.15) is 6.92 Å². The second kappa shape index (κ2) is 3.20. The average Bonchev–Trinajstić information content (AvgIpc) is 1.95. The van der Waals surface area contributed by atoms with E-state index in [0.29, 0.717) is 0 Å². The first-order chi connectivity index (χ1) is 4.83. The fourth-order valence-electron chi connectivity index (χ4n) is 0.750. The predicted molar refractivity (Wildman–Crippen MR) is 38.8 cm³/mol. The first-order valence-electron chi connectivity index (χ1n) is 3.41. The van der Waals surface area contributed by atoms with E-state index in [-0.39, 0.29) is 0 Å². The normalized spacial score (nSPS) is 9.40. The van der Waals surface area contributed by atoms with Gasteiger partial charge in [-0.3, -0.25) is 0 Å². The van der Waals surface area contributed by atoms with Crippen molar-refractivity contribution >= 4 is 0 Å². The summed E-state index contributed by atoms with van der Waals surface area (Å²) in [4.78, 5) is 0. The molecular weight excluding hydrogens is 126 g/mol. The van der Waals surface area contributed by atoms with Gasteiger partial charge in [0.25, 0.3) is 0 Å². The number of hydrogen-bond donors (Lipinski definition) is 0. The number of pyridine rings is 1. The lowest BCUT2D eigenvalue weighted by Crippen LogP contribution is -2.25. The number of ether oxygens (including phenoxy) is 1. The highest BCUT2D eigenvalue weighted by molar-refractivity contribution is 5.14. The standard InChI is InChI=1S/C8H12NO/c1-3-10-8-4-6-9(2)7-5-8/h4-7H,3H2,1-2H3/q+1. The molecule has 0 aromatic carbocycles. The van der Waals surface area contributed by atoms with E-state index in [4.69, 9.17) is 4.74 Å². The van der Waals surface area contributed by atoms with Crippen molar-refractivity contribution in [2.24, 2.45) is 7.05 Å². The lowest BCUT2D eigenvalue weighted by atomic mass is 10.4. The van der Waals surface area contributed by atoms with Crippen LogP contribution in [0.5, 0.6) is 5.75 Å². The molecule has 1 aromatic heterocycles. The van der Waals surface area contributed by atoms with Crippen molar-refractivity contribution in [3.8, 4) is 5.75 Å². The van der Waals surface area contributed by atoms with Crippen molar-refractivity contribution in [1.29, 1.82) is 0 Å². The number of hydrogen-bond acceptors (Lipinski definition) is 1. The van der Waals surface area contributed by atoms with Crippen LogP contribution in [-0.4, -0.2) is 6.61 Å². The number of nitrogens with zero attached hydrogens (tertiary/aromatic N) is 1. The molecule has 1 aromatic rings. The minimum absolute atomic E-state index is 0.730. The minimum Gasteiger partial charge on any atom is -0.493 e. The Hall–Kier alpha value is -1.05. The maximum Gasteiger partial charge on any atom is 0.172 e.